The van der Waals surface area contributed by atoms with Crippen molar-refractivity contribution >= 4 is 51.3 Å². The summed E-state index contributed by atoms with van der Waals surface area (Å²) < 4.78 is 0. The summed E-state index contributed by atoms with van der Waals surface area (Å²) in [5.74, 6) is 0.394. The first-order chi connectivity index (χ1) is 8.60. The molecule has 0 atom stereocenters. The zero-order valence-corrected chi connectivity index (χ0v) is 12.7. The number of alkyl halides is 1. The summed E-state index contributed by atoms with van der Waals surface area (Å²) in [6, 6.07) is 7.75. The molecule has 0 unspecified atom stereocenters. The van der Waals surface area contributed by atoms with Gasteiger partial charge >= 0.3 is 0 Å². The maximum Gasteiger partial charge on any atom is 0.187 e. The fourth-order valence-electron chi connectivity index (χ4n) is 1.50. The van der Waals surface area contributed by atoms with Crippen LogP contribution in [0.2, 0.25) is 10.2 Å². The zero-order chi connectivity index (χ0) is 13.1. The summed E-state index contributed by atoms with van der Waals surface area (Å²) in [6.45, 7) is 0.753. The highest BCUT2D eigenvalue weighted by Crippen LogP contribution is 2.30. The summed E-state index contributed by atoms with van der Waals surface area (Å²) in [5, 5.41) is 2.10. The van der Waals surface area contributed by atoms with Crippen LogP contribution in [0, 0.1) is 0 Å². The first-order valence-electron chi connectivity index (χ1n) is 5.27. The minimum Gasteiger partial charge on any atom is -0.347 e. The van der Waals surface area contributed by atoms with Crippen molar-refractivity contribution < 1.29 is 0 Å². The van der Waals surface area contributed by atoms with E-state index in [0.29, 0.717) is 11.0 Å². The van der Waals surface area contributed by atoms with Crippen molar-refractivity contribution in [2.45, 2.75) is 12.4 Å². The molecule has 1 aromatic carbocycles. The van der Waals surface area contributed by atoms with Crippen molar-refractivity contribution in [3.05, 3.63) is 44.9 Å². The number of aromatic nitrogens is 1. The summed E-state index contributed by atoms with van der Waals surface area (Å²) in [5.41, 5.74) is 1.17. The quantitative estimate of drug-likeness (QED) is 0.750. The van der Waals surface area contributed by atoms with E-state index in [1.54, 1.807) is 0 Å². The molecule has 2 aromatic rings. The van der Waals surface area contributed by atoms with Crippen molar-refractivity contribution in [2.75, 3.05) is 11.9 Å². The van der Waals surface area contributed by atoms with Gasteiger partial charge in [0.15, 0.2) is 5.13 Å². The second-order valence-corrected chi connectivity index (χ2v) is 5.95. The molecule has 0 aliphatic carbocycles. The van der Waals surface area contributed by atoms with Gasteiger partial charge in [0.1, 0.15) is 5.15 Å². The Kier molecular flexibility index (Phi) is 4.73. The first-order valence-corrected chi connectivity index (χ1v) is 7.37. The number of nitrogens with zero attached hydrogens (tertiary/aromatic N) is 2. The van der Waals surface area contributed by atoms with Crippen LogP contribution < -0.4 is 4.90 Å². The molecular weight excluding hydrogens is 311 g/mol. The standard InChI is InChI=1S/C12H11Cl3N2S/c1-17(7-8-2-4-9(14)5-3-8)12-16-11(15)10(6-13)18-12/h2-5H,6-7H2,1H3. The molecule has 0 amide bonds. The van der Waals surface area contributed by atoms with Crippen molar-refractivity contribution in [2.24, 2.45) is 0 Å². The summed E-state index contributed by atoms with van der Waals surface area (Å²) in [4.78, 5) is 7.23. The molecule has 2 nitrogen and oxygen atoms in total. The minimum absolute atomic E-state index is 0.394. The van der Waals surface area contributed by atoms with Gasteiger partial charge in [0.2, 0.25) is 0 Å². The van der Waals surface area contributed by atoms with Gasteiger partial charge in [-0.15, -0.1) is 11.6 Å². The Balaban J connectivity index is 2.11. The number of thiazole rings is 1. The van der Waals surface area contributed by atoms with E-state index in [9.17, 15) is 0 Å². The Hall–Kier alpha value is -0.480. The summed E-state index contributed by atoms with van der Waals surface area (Å²) in [7, 11) is 1.97. The second-order valence-electron chi connectivity index (χ2n) is 3.83. The van der Waals surface area contributed by atoms with Crippen LogP contribution in [-0.4, -0.2) is 12.0 Å². The molecule has 18 heavy (non-hydrogen) atoms. The molecule has 6 heteroatoms. The Bertz CT molecular complexity index is 525. The van der Waals surface area contributed by atoms with E-state index in [2.05, 4.69) is 4.98 Å². The molecule has 0 aliphatic heterocycles. The van der Waals surface area contributed by atoms with E-state index in [-0.39, 0.29) is 0 Å². The molecular formula is C12H11Cl3N2S. The Labute approximate surface area is 125 Å². The van der Waals surface area contributed by atoms with E-state index in [4.69, 9.17) is 34.8 Å². The van der Waals surface area contributed by atoms with Gasteiger partial charge in [0.25, 0.3) is 0 Å². The number of rotatable bonds is 4. The van der Waals surface area contributed by atoms with Gasteiger partial charge in [-0.3, -0.25) is 0 Å². The molecule has 0 radical (unpaired) electrons. The Morgan fingerprint density at radius 1 is 1.22 bits per heavy atom. The lowest BCUT2D eigenvalue weighted by molar-refractivity contribution is 0.915. The molecule has 0 bridgehead atoms. The van der Waals surface area contributed by atoms with Crippen molar-refractivity contribution in [1.29, 1.82) is 0 Å². The maximum absolute atomic E-state index is 5.98. The van der Waals surface area contributed by atoms with Crippen LogP contribution in [0.1, 0.15) is 10.4 Å². The molecule has 0 N–H and O–H groups in total. The third-order valence-corrected chi connectivity index (χ3v) is 4.69. The lowest BCUT2D eigenvalue weighted by Gasteiger charge is -2.15. The normalized spacial score (nSPS) is 10.7. The molecule has 0 saturated heterocycles. The van der Waals surface area contributed by atoms with Crippen LogP contribution in [-0.2, 0) is 12.4 Å². The molecule has 0 spiro atoms. The summed E-state index contributed by atoms with van der Waals surface area (Å²) in [6.07, 6.45) is 0. The molecule has 96 valence electrons. The van der Waals surface area contributed by atoms with Gasteiger partial charge < -0.3 is 4.90 Å². The van der Waals surface area contributed by atoms with Gasteiger partial charge in [0.05, 0.1) is 10.8 Å². The number of hydrogen-bond donors (Lipinski definition) is 0. The van der Waals surface area contributed by atoms with E-state index < -0.39 is 0 Å². The van der Waals surface area contributed by atoms with Crippen LogP contribution in [0.4, 0.5) is 5.13 Å². The fraction of sp³-hybridized carbons (Fsp3) is 0.250. The van der Waals surface area contributed by atoms with E-state index in [0.717, 1.165) is 21.6 Å². The number of benzene rings is 1. The average Bonchev–Trinajstić information content (AvgIpc) is 2.73. The lowest BCUT2D eigenvalue weighted by atomic mass is 10.2. The van der Waals surface area contributed by atoms with E-state index in [1.165, 1.54) is 16.9 Å². The zero-order valence-electron chi connectivity index (χ0n) is 9.66. The van der Waals surface area contributed by atoms with Crippen LogP contribution in [0.25, 0.3) is 0 Å². The van der Waals surface area contributed by atoms with Crippen molar-refractivity contribution in [3.63, 3.8) is 0 Å². The predicted molar refractivity (Wildman–Crippen MR) is 80.2 cm³/mol. The highest BCUT2D eigenvalue weighted by molar-refractivity contribution is 7.16. The fourth-order valence-corrected chi connectivity index (χ4v) is 3.06. The summed E-state index contributed by atoms with van der Waals surface area (Å²) >= 11 is 19.1. The maximum atomic E-state index is 5.98. The SMILES string of the molecule is CN(Cc1ccc(Cl)cc1)c1nc(Cl)c(CCl)s1. The van der Waals surface area contributed by atoms with Gasteiger partial charge in [-0.25, -0.2) is 4.98 Å². The van der Waals surface area contributed by atoms with E-state index >= 15 is 0 Å². The molecule has 2 rings (SSSR count). The largest absolute Gasteiger partial charge is 0.347 e. The molecule has 0 saturated carbocycles. The third-order valence-electron chi connectivity index (χ3n) is 2.42. The minimum atomic E-state index is 0.394. The number of hydrogen-bond acceptors (Lipinski definition) is 3. The smallest absolute Gasteiger partial charge is 0.187 e. The lowest BCUT2D eigenvalue weighted by Crippen LogP contribution is -2.15. The van der Waals surface area contributed by atoms with Crippen LogP contribution >= 0.6 is 46.1 Å². The number of halogens is 3. The van der Waals surface area contributed by atoms with Gasteiger partial charge in [-0.2, -0.15) is 0 Å². The molecule has 1 aromatic heterocycles. The topological polar surface area (TPSA) is 16.1 Å². The number of anilines is 1. The highest BCUT2D eigenvalue weighted by Gasteiger charge is 2.12. The van der Waals surface area contributed by atoms with Gasteiger partial charge in [0, 0.05) is 18.6 Å². The van der Waals surface area contributed by atoms with Crippen LogP contribution in [0.3, 0.4) is 0 Å². The Morgan fingerprint density at radius 2 is 1.89 bits per heavy atom. The third kappa shape index (κ3) is 3.29. The monoisotopic (exact) mass is 320 g/mol. The molecule has 0 aliphatic rings. The Morgan fingerprint density at radius 3 is 2.44 bits per heavy atom. The second kappa shape index (κ2) is 6.11. The van der Waals surface area contributed by atoms with Gasteiger partial charge in [-0.1, -0.05) is 46.7 Å². The predicted octanol–water partition coefficient (Wildman–Crippen LogP) is 4.83. The van der Waals surface area contributed by atoms with Crippen LogP contribution in [0.5, 0.6) is 0 Å². The van der Waals surface area contributed by atoms with Crippen molar-refractivity contribution in [1.82, 2.24) is 4.98 Å². The van der Waals surface area contributed by atoms with E-state index in [1.807, 2.05) is 36.2 Å². The molecule has 0 fully saturated rings. The highest BCUT2D eigenvalue weighted by atomic mass is 35.5. The van der Waals surface area contributed by atoms with Crippen molar-refractivity contribution in [3.8, 4) is 0 Å². The molecule has 1 heterocycles. The first kappa shape index (κ1) is 13.9. The average molecular weight is 322 g/mol. The van der Waals surface area contributed by atoms with Gasteiger partial charge in [-0.05, 0) is 17.7 Å². The van der Waals surface area contributed by atoms with Crippen LogP contribution in [0.15, 0.2) is 24.3 Å².